The summed E-state index contributed by atoms with van der Waals surface area (Å²) >= 11 is 0. The molecule has 0 fully saturated rings. The maximum Gasteiger partial charge on any atom is 0.164 e. The van der Waals surface area contributed by atoms with Crippen LogP contribution in [0.3, 0.4) is 0 Å². The fourth-order valence-corrected chi connectivity index (χ4v) is 7.89. The van der Waals surface area contributed by atoms with Crippen molar-refractivity contribution in [2.75, 3.05) is 0 Å². The standard InChI is InChI=1S/C46H28N6/c1-4-13-30(14-5-1)44-48-45(31-15-6-2-7-16-31)50-46(49-44)33-25-26-47-39(28-33)52-38-22-12-17-29-23-24-32-27-36-35-20-10-11-21-37(35)51(34-18-8-3-9-19-34)42(36)43(52)41(32)40(29)38/h1-28H. The largest absolute Gasteiger partial charge is 0.307 e. The lowest BCUT2D eigenvalue weighted by Crippen LogP contribution is -2.03. The van der Waals surface area contributed by atoms with Crippen LogP contribution in [-0.4, -0.2) is 29.1 Å². The number of hydrogen-bond acceptors (Lipinski definition) is 4. The highest BCUT2D eigenvalue weighted by molar-refractivity contribution is 6.32. The zero-order valence-corrected chi connectivity index (χ0v) is 27.8. The smallest absolute Gasteiger partial charge is 0.164 e. The molecule has 0 spiro atoms. The third kappa shape index (κ3) is 4.25. The fraction of sp³-hybridized carbons (Fsp3) is 0. The van der Waals surface area contributed by atoms with Gasteiger partial charge in [0.05, 0.1) is 22.1 Å². The summed E-state index contributed by atoms with van der Waals surface area (Å²) in [6.45, 7) is 0. The maximum atomic E-state index is 5.07. The Hall–Kier alpha value is -7.18. The molecule has 0 bridgehead atoms. The van der Waals surface area contributed by atoms with Crippen molar-refractivity contribution in [2.45, 2.75) is 0 Å². The summed E-state index contributed by atoms with van der Waals surface area (Å²) in [5.74, 6) is 2.64. The number of para-hydroxylation sites is 2. The van der Waals surface area contributed by atoms with Gasteiger partial charge in [-0.05, 0) is 53.2 Å². The van der Waals surface area contributed by atoms with Gasteiger partial charge in [-0.1, -0.05) is 121 Å². The van der Waals surface area contributed by atoms with E-state index >= 15 is 0 Å². The van der Waals surface area contributed by atoms with E-state index in [1.165, 1.54) is 32.3 Å². The van der Waals surface area contributed by atoms with Gasteiger partial charge in [0.2, 0.25) is 0 Å². The van der Waals surface area contributed by atoms with Crippen LogP contribution in [0.4, 0.5) is 0 Å². The molecule has 11 aromatic rings. The average molecular weight is 665 g/mol. The first kappa shape index (κ1) is 28.6. The van der Waals surface area contributed by atoms with Crippen molar-refractivity contribution in [1.29, 1.82) is 0 Å². The molecule has 6 heteroatoms. The van der Waals surface area contributed by atoms with Crippen LogP contribution >= 0.6 is 0 Å². The van der Waals surface area contributed by atoms with E-state index < -0.39 is 0 Å². The third-order valence-corrected chi connectivity index (χ3v) is 10.1. The second kappa shape index (κ2) is 11.2. The lowest BCUT2D eigenvalue weighted by molar-refractivity contribution is 1.05. The predicted octanol–water partition coefficient (Wildman–Crippen LogP) is 11.1. The van der Waals surface area contributed by atoms with E-state index in [1.807, 2.05) is 72.9 Å². The highest BCUT2D eigenvalue weighted by Crippen LogP contribution is 2.45. The number of benzene rings is 7. The molecule has 0 N–H and O–H groups in total. The molecule has 0 saturated carbocycles. The highest BCUT2D eigenvalue weighted by Gasteiger charge is 2.24. The summed E-state index contributed by atoms with van der Waals surface area (Å²) < 4.78 is 4.75. The Bertz CT molecular complexity index is 3050. The van der Waals surface area contributed by atoms with Gasteiger partial charge in [-0.2, -0.15) is 0 Å². The molecule has 0 aliphatic carbocycles. The summed E-state index contributed by atoms with van der Waals surface area (Å²) in [5.41, 5.74) is 8.37. The molecule has 11 rings (SSSR count). The molecule has 6 nitrogen and oxygen atoms in total. The average Bonchev–Trinajstić information content (AvgIpc) is 3.75. The summed E-state index contributed by atoms with van der Waals surface area (Å²) in [7, 11) is 0. The number of nitrogens with zero attached hydrogens (tertiary/aromatic N) is 6. The van der Waals surface area contributed by atoms with E-state index in [4.69, 9.17) is 19.9 Å². The molecule has 0 amide bonds. The molecule has 7 aromatic carbocycles. The van der Waals surface area contributed by atoms with Gasteiger partial charge >= 0.3 is 0 Å². The predicted molar refractivity (Wildman–Crippen MR) is 211 cm³/mol. The maximum absolute atomic E-state index is 5.07. The van der Waals surface area contributed by atoms with E-state index in [-0.39, 0.29) is 0 Å². The first-order chi connectivity index (χ1) is 25.8. The van der Waals surface area contributed by atoms with Crippen molar-refractivity contribution >= 4 is 54.4 Å². The van der Waals surface area contributed by atoms with Gasteiger partial charge in [0.1, 0.15) is 5.82 Å². The highest BCUT2D eigenvalue weighted by atomic mass is 15.1. The van der Waals surface area contributed by atoms with E-state index in [0.29, 0.717) is 17.5 Å². The van der Waals surface area contributed by atoms with Gasteiger partial charge in [0.25, 0.3) is 0 Å². The third-order valence-electron chi connectivity index (χ3n) is 10.1. The van der Waals surface area contributed by atoms with Crippen LogP contribution in [0.25, 0.3) is 100 Å². The first-order valence-electron chi connectivity index (χ1n) is 17.4. The molecule has 0 saturated heterocycles. The van der Waals surface area contributed by atoms with Gasteiger partial charge in [-0.3, -0.25) is 4.57 Å². The van der Waals surface area contributed by atoms with Crippen LogP contribution in [0.15, 0.2) is 170 Å². The number of fused-ring (bicyclic) bond motifs is 4. The monoisotopic (exact) mass is 664 g/mol. The Labute approximate surface area is 298 Å². The quantitative estimate of drug-likeness (QED) is 0.172. The normalized spacial score (nSPS) is 11.8. The van der Waals surface area contributed by atoms with Gasteiger partial charge in [-0.25, -0.2) is 19.9 Å². The molecule has 242 valence electrons. The number of rotatable bonds is 5. The van der Waals surface area contributed by atoms with Crippen molar-refractivity contribution in [3.63, 3.8) is 0 Å². The SMILES string of the molecule is c1ccc(-c2nc(-c3ccccc3)nc(-c3ccnc(-n4c5cccc6ccc7cc8c9ccccc9n(-c9ccccc9)c8c4c7c65)c3)n2)cc1. The second-order valence-electron chi connectivity index (χ2n) is 13.1. The minimum Gasteiger partial charge on any atom is -0.307 e. The van der Waals surface area contributed by atoms with Gasteiger partial charge in [0, 0.05) is 50.1 Å². The Morgan fingerprint density at radius 3 is 1.73 bits per heavy atom. The lowest BCUT2D eigenvalue weighted by Gasteiger charge is -2.13. The summed E-state index contributed by atoms with van der Waals surface area (Å²) in [5, 5.41) is 7.27. The molecule has 52 heavy (non-hydrogen) atoms. The molecule has 4 heterocycles. The van der Waals surface area contributed by atoms with E-state index in [2.05, 4.69) is 106 Å². The van der Waals surface area contributed by atoms with Crippen molar-refractivity contribution in [3.8, 4) is 45.7 Å². The fourth-order valence-electron chi connectivity index (χ4n) is 7.89. The van der Waals surface area contributed by atoms with Crippen molar-refractivity contribution in [2.24, 2.45) is 0 Å². The van der Waals surface area contributed by atoms with Gasteiger partial charge < -0.3 is 4.57 Å². The summed E-state index contributed by atoms with van der Waals surface area (Å²) in [4.78, 5) is 20.1. The number of pyridine rings is 1. The van der Waals surface area contributed by atoms with Gasteiger partial charge in [0.15, 0.2) is 17.5 Å². The Morgan fingerprint density at radius 2 is 1.00 bits per heavy atom. The number of aromatic nitrogens is 6. The molecule has 0 radical (unpaired) electrons. The van der Waals surface area contributed by atoms with Crippen molar-refractivity contribution in [1.82, 2.24) is 29.1 Å². The molecule has 4 aromatic heterocycles. The molecule has 0 aliphatic rings. The van der Waals surface area contributed by atoms with Crippen LogP contribution < -0.4 is 0 Å². The first-order valence-corrected chi connectivity index (χ1v) is 17.4. The molecular weight excluding hydrogens is 637 g/mol. The Kier molecular flexibility index (Phi) is 6.15. The zero-order valence-electron chi connectivity index (χ0n) is 27.8. The van der Waals surface area contributed by atoms with Crippen molar-refractivity contribution in [3.05, 3.63) is 170 Å². The van der Waals surface area contributed by atoms with Gasteiger partial charge in [-0.15, -0.1) is 0 Å². The van der Waals surface area contributed by atoms with Crippen LogP contribution in [0.5, 0.6) is 0 Å². The second-order valence-corrected chi connectivity index (χ2v) is 13.1. The van der Waals surface area contributed by atoms with E-state index in [0.717, 1.165) is 50.3 Å². The van der Waals surface area contributed by atoms with E-state index in [9.17, 15) is 0 Å². The summed E-state index contributed by atoms with van der Waals surface area (Å²) in [6, 6.07) is 57.0. The minimum atomic E-state index is 0.591. The zero-order chi connectivity index (χ0) is 34.2. The molecular formula is C46H28N6. The van der Waals surface area contributed by atoms with Crippen LogP contribution in [0.1, 0.15) is 0 Å². The van der Waals surface area contributed by atoms with Crippen LogP contribution in [0, 0.1) is 0 Å². The number of hydrogen-bond donors (Lipinski definition) is 0. The summed E-state index contributed by atoms with van der Waals surface area (Å²) in [6.07, 6.45) is 1.87. The lowest BCUT2D eigenvalue weighted by atomic mass is 10.00. The van der Waals surface area contributed by atoms with Crippen LogP contribution in [-0.2, 0) is 0 Å². The van der Waals surface area contributed by atoms with Crippen LogP contribution in [0.2, 0.25) is 0 Å². The Balaban J connectivity index is 1.24. The molecule has 0 atom stereocenters. The van der Waals surface area contributed by atoms with E-state index in [1.54, 1.807) is 0 Å². The minimum absolute atomic E-state index is 0.591. The molecule has 0 unspecified atom stereocenters. The topological polar surface area (TPSA) is 61.4 Å². The molecule has 0 aliphatic heterocycles. The Morgan fingerprint density at radius 1 is 0.385 bits per heavy atom. The van der Waals surface area contributed by atoms with Crippen molar-refractivity contribution < 1.29 is 0 Å².